The molecule has 1 unspecified atom stereocenters. The summed E-state index contributed by atoms with van der Waals surface area (Å²) in [4.78, 5) is 10.9. The van der Waals surface area contributed by atoms with Gasteiger partial charge in [-0.1, -0.05) is 0 Å². The normalized spacial score (nSPS) is 13.6. The average molecular weight is 223 g/mol. The molecule has 5 nitrogen and oxygen atoms in total. The molecule has 0 heterocycles. The molecule has 2 N–H and O–H groups in total. The zero-order valence-corrected chi connectivity index (χ0v) is 9.34. The molecule has 0 saturated heterocycles. The molecule has 0 fully saturated rings. The Morgan fingerprint density at radius 2 is 2.07 bits per heavy atom. The topological polar surface area (TPSA) is 86.5 Å². The highest BCUT2D eigenvalue weighted by molar-refractivity contribution is 7.92. The molecule has 0 aromatic heterocycles. The molecule has 1 atom stereocenters. The monoisotopic (exact) mass is 223 g/mol. The lowest BCUT2D eigenvalue weighted by Gasteiger charge is -2.06. The van der Waals surface area contributed by atoms with Crippen LogP contribution in [-0.4, -0.2) is 38.5 Å². The van der Waals surface area contributed by atoms with E-state index in [2.05, 4.69) is 4.74 Å². The second-order valence-electron chi connectivity index (χ2n) is 3.16. The number of carbonyl (C=O) groups excluding carboxylic acids is 1. The van der Waals surface area contributed by atoms with Crippen molar-refractivity contribution in [1.29, 1.82) is 0 Å². The third-order valence-corrected chi connectivity index (χ3v) is 3.06. The van der Waals surface area contributed by atoms with Crippen LogP contribution in [0.25, 0.3) is 0 Å². The van der Waals surface area contributed by atoms with Crippen LogP contribution in [0, 0.1) is 0 Å². The van der Waals surface area contributed by atoms with E-state index in [1.807, 2.05) is 0 Å². The van der Waals surface area contributed by atoms with Gasteiger partial charge >= 0.3 is 5.97 Å². The Bertz CT molecular complexity index is 271. The maximum atomic E-state index is 11.3. The van der Waals surface area contributed by atoms with Crippen molar-refractivity contribution in [3.63, 3.8) is 0 Å². The Morgan fingerprint density at radius 3 is 2.50 bits per heavy atom. The standard InChI is InChI=1S/C8H17NO4S/c1-3-13-8(10)6-14(11,12)5-4-7(2)9/h7H,3-6,9H2,1-2H3. The highest BCUT2D eigenvalue weighted by Crippen LogP contribution is 1.97. The lowest BCUT2D eigenvalue weighted by atomic mass is 10.3. The lowest BCUT2D eigenvalue weighted by molar-refractivity contribution is -0.139. The minimum Gasteiger partial charge on any atom is -0.465 e. The molecule has 0 aromatic rings. The fraction of sp³-hybridized carbons (Fsp3) is 0.875. The van der Waals surface area contributed by atoms with Gasteiger partial charge in [0.15, 0.2) is 9.84 Å². The van der Waals surface area contributed by atoms with Gasteiger partial charge in [-0.25, -0.2) is 8.42 Å². The summed E-state index contributed by atoms with van der Waals surface area (Å²) in [7, 11) is -3.35. The molecular formula is C8H17NO4S. The molecule has 0 radical (unpaired) electrons. The molecule has 84 valence electrons. The molecule has 0 bridgehead atoms. The van der Waals surface area contributed by atoms with Gasteiger partial charge in [0.25, 0.3) is 0 Å². The third-order valence-electron chi connectivity index (χ3n) is 1.53. The van der Waals surface area contributed by atoms with Crippen LogP contribution in [0.5, 0.6) is 0 Å². The fourth-order valence-corrected chi connectivity index (χ4v) is 2.14. The van der Waals surface area contributed by atoms with Gasteiger partial charge in [-0.2, -0.15) is 0 Å². The van der Waals surface area contributed by atoms with Crippen molar-refractivity contribution in [2.24, 2.45) is 5.73 Å². The molecule has 0 aliphatic carbocycles. The van der Waals surface area contributed by atoms with Crippen molar-refractivity contribution in [1.82, 2.24) is 0 Å². The van der Waals surface area contributed by atoms with Crippen LogP contribution in [0.3, 0.4) is 0 Å². The highest BCUT2D eigenvalue weighted by atomic mass is 32.2. The SMILES string of the molecule is CCOC(=O)CS(=O)(=O)CCC(C)N. The van der Waals surface area contributed by atoms with Crippen molar-refractivity contribution in [2.75, 3.05) is 18.1 Å². The summed E-state index contributed by atoms with van der Waals surface area (Å²) >= 11 is 0. The van der Waals surface area contributed by atoms with Crippen molar-refractivity contribution < 1.29 is 17.9 Å². The Kier molecular flexibility index (Phi) is 5.71. The maximum Gasteiger partial charge on any atom is 0.321 e. The van der Waals surface area contributed by atoms with Gasteiger partial charge in [-0.3, -0.25) is 4.79 Å². The molecule has 0 aromatic carbocycles. The Labute approximate surface area is 84.5 Å². The fourth-order valence-electron chi connectivity index (χ4n) is 0.820. The number of carbonyl (C=O) groups is 1. The van der Waals surface area contributed by atoms with E-state index in [9.17, 15) is 13.2 Å². The minimum atomic E-state index is -3.35. The first-order chi connectivity index (χ1) is 6.37. The summed E-state index contributed by atoms with van der Waals surface area (Å²) in [6.07, 6.45) is 0.363. The quantitative estimate of drug-likeness (QED) is 0.625. The molecule has 6 heteroatoms. The van der Waals surface area contributed by atoms with Gasteiger partial charge < -0.3 is 10.5 Å². The zero-order valence-electron chi connectivity index (χ0n) is 8.52. The number of rotatable bonds is 6. The second kappa shape index (κ2) is 5.98. The molecule has 0 spiro atoms. The number of hydrogen-bond donors (Lipinski definition) is 1. The number of sulfone groups is 1. The van der Waals surface area contributed by atoms with Crippen molar-refractivity contribution in [3.8, 4) is 0 Å². The van der Waals surface area contributed by atoms with Crippen molar-refractivity contribution >= 4 is 15.8 Å². The van der Waals surface area contributed by atoms with Crippen molar-refractivity contribution in [3.05, 3.63) is 0 Å². The number of ether oxygens (including phenoxy) is 1. The summed E-state index contributed by atoms with van der Waals surface area (Å²) in [5, 5.41) is 0. The first-order valence-electron chi connectivity index (χ1n) is 4.49. The van der Waals surface area contributed by atoms with Gasteiger partial charge in [0.2, 0.25) is 0 Å². The van der Waals surface area contributed by atoms with Crippen LogP contribution in [0.2, 0.25) is 0 Å². The molecule has 0 rings (SSSR count). The van der Waals surface area contributed by atoms with Crippen molar-refractivity contribution in [2.45, 2.75) is 26.3 Å². The Hall–Kier alpha value is -0.620. The maximum absolute atomic E-state index is 11.3. The lowest BCUT2D eigenvalue weighted by Crippen LogP contribution is -2.25. The predicted octanol–water partition coefficient (Wildman–Crippen LogP) is -0.298. The average Bonchev–Trinajstić information content (AvgIpc) is 2.00. The van der Waals surface area contributed by atoms with E-state index < -0.39 is 21.6 Å². The summed E-state index contributed by atoms with van der Waals surface area (Å²) < 4.78 is 27.1. The second-order valence-corrected chi connectivity index (χ2v) is 5.35. The van der Waals surface area contributed by atoms with Crippen LogP contribution in [0.4, 0.5) is 0 Å². The van der Waals surface area contributed by atoms with Gasteiger partial charge in [-0.15, -0.1) is 0 Å². The van der Waals surface area contributed by atoms with E-state index in [0.29, 0.717) is 6.42 Å². The first-order valence-corrected chi connectivity index (χ1v) is 6.31. The van der Waals surface area contributed by atoms with Crippen LogP contribution >= 0.6 is 0 Å². The minimum absolute atomic E-state index is 0.0660. The van der Waals surface area contributed by atoms with Gasteiger partial charge in [0.05, 0.1) is 12.4 Å². The van der Waals surface area contributed by atoms with Crippen LogP contribution in [0.1, 0.15) is 20.3 Å². The van der Waals surface area contributed by atoms with Gasteiger partial charge in [0.1, 0.15) is 5.75 Å². The highest BCUT2D eigenvalue weighted by Gasteiger charge is 2.17. The molecule has 0 aliphatic heterocycles. The first kappa shape index (κ1) is 13.4. The van der Waals surface area contributed by atoms with Crippen LogP contribution < -0.4 is 5.73 Å². The van der Waals surface area contributed by atoms with E-state index in [1.165, 1.54) is 0 Å². The summed E-state index contributed by atoms with van der Waals surface area (Å²) in [6.45, 7) is 3.55. The summed E-state index contributed by atoms with van der Waals surface area (Å²) in [6, 6.07) is -0.174. The largest absolute Gasteiger partial charge is 0.465 e. The molecule has 14 heavy (non-hydrogen) atoms. The van der Waals surface area contributed by atoms with Crippen LogP contribution in [-0.2, 0) is 19.4 Å². The van der Waals surface area contributed by atoms with E-state index in [-0.39, 0.29) is 18.4 Å². The van der Waals surface area contributed by atoms with E-state index in [0.717, 1.165) is 0 Å². The van der Waals surface area contributed by atoms with E-state index in [4.69, 9.17) is 5.73 Å². The Balaban J connectivity index is 4.01. The third kappa shape index (κ3) is 6.85. The molecular weight excluding hydrogens is 206 g/mol. The molecule has 0 amide bonds. The molecule has 0 aliphatic rings. The van der Waals surface area contributed by atoms with Crippen LogP contribution in [0.15, 0.2) is 0 Å². The zero-order chi connectivity index (χ0) is 11.2. The molecule has 0 saturated carbocycles. The van der Waals surface area contributed by atoms with Gasteiger partial charge in [-0.05, 0) is 20.3 Å². The number of hydrogen-bond acceptors (Lipinski definition) is 5. The number of esters is 1. The smallest absolute Gasteiger partial charge is 0.321 e. The Morgan fingerprint density at radius 1 is 1.50 bits per heavy atom. The van der Waals surface area contributed by atoms with E-state index in [1.54, 1.807) is 13.8 Å². The van der Waals surface area contributed by atoms with E-state index >= 15 is 0 Å². The summed E-state index contributed by atoms with van der Waals surface area (Å²) in [5.74, 6) is -1.31. The summed E-state index contributed by atoms with van der Waals surface area (Å²) in [5.41, 5.74) is 5.41. The number of nitrogens with two attached hydrogens (primary N) is 1. The van der Waals surface area contributed by atoms with Gasteiger partial charge in [0, 0.05) is 6.04 Å². The predicted molar refractivity (Wildman–Crippen MR) is 53.6 cm³/mol.